The summed E-state index contributed by atoms with van der Waals surface area (Å²) in [6.07, 6.45) is 0.441. The highest BCUT2D eigenvalue weighted by Gasteiger charge is 2.03. The first-order valence-electron chi connectivity index (χ1n) is 4.64. The van der Waals surface area contributed by atoms with E-state index in [0.29, 0.717) is 6.42 Å². The van der Waals surface area contributed by atoms with E-state index >= 15 is 0 Å². The monoisotopic (exact) mass is 204 g/mol. The molecule has 0 aliphatic carbocycles. The van der Waals surface area contributed by atoms with Gasteiger partial charge in [0.25, 0.3) is 0 Å². The van der Waals surface area contributed by atoms with Gasteiger partial charge < -0.3 is 15.4 Å². The second-order valence-electron chi connectivity index (χ2n) is 3.50. The van der Waals surface area contributed by atoms with Crippen molar-refractivity contribution in [3.63, 3.8) is 0 Å². The molecule has 1 aromatic carbocycles. The van der Waals surface area contributed by atoms with Gasteiger partial charge in [0.05, 0.1) is 0 Å². The molecule has 1 aromatic heterocycles. The van der Waals surface area contributed by atoms with Crippen LogP contribution in [-0.2, 0) is 6.42 Å². The predicted molar refractivity (Wildman–Crippen MR) is 58.1 cm³/mol. The molecule has 4 heteroatoms. The fraction of sp³-hybridized carbons (Fsp3) is 0.182. The van der Waals surface area contributed by atoms with Crippen molar-refractivity contribution in [3.8, 4) is 0 Å². The first-order chi connectivity index (χ1) is 7.19. The molecule has 0 bridgehead atoms. The van der Waals surface area contributed by atoms with Gasteiger partial charge in [0.1, 0.15) is 17.2 Å². The van der Waals surface area contributed by atoms with Gasteiger partial charge in [-0.05, 0) is 30.7 Å². The molecule has 3 N–H and O–H groups in total. The Balaban J connectivity index is 2.38. The van der Waals surface area contributed by atoms with Crippen LogP contribution in [0.5, 0.6) is 0 Å². The third kappa shape index (κ3) is 1.93. The van der Waals surface area contributed by atoms with Gasteiger partial charge in [-0.25, -0.2) is 0 Å². The normalized spacial score (nSPS) is 12.2. The lowest BCUT2D eigenvalue weighted by atomic mass is 10.1. The van der Waals surface area contributed by atoms with Crippen LogP contribution >= 0.6 is 0 Å². The Kier molecular flexibility index (Phi) is 2.33. The number of furan rings is 1. The van der Waals surface area contributed by atoms with Crippen LogP contribution in [-0.4, -0.2) is 11.0 Å². The van der Waals surface area contributed by atoms with E-state index in [1.807, 2.05) is 31.2 Å². The minimum absolute atomic E-state index is 0.203. The van der Waals surface area contributed by atoms with Crippen molar-refractivity contribution < 1.29 is 9.62 Å². The van der Waals surface area contributed by atoms with E-state index in [1.165, 1.54) is 0 Å². The minimum atomic E-state index is 0.203. The maximum atomic E-state index is 8.46. The average molecular weight is 204 g/mol. The van der Waals surface area contributed by atoms with Crippen LogP contribution in [0.2, 0.25) is 0 Å². The van der Waals surface area contributed by atoms with Gasteiger partial charge in [0.15, 0.2) is 0 Å². The van der Waals surface area contributed by atoms with Crippen LogP contribution < -0.4 is 5.73 Å². The second kappa shape index (κ2) is 3.65. The Morgan fingerprint density at radius 1 is 1.47 bits per heavy atom. The summed E-state index contributed by atoms with van der Waals surface area (Å²) in [7, 11) is 0. The van der Waals surface area contributed by atoms with E-state index in [0.717, 1.165) is 22.3 Å². The lowest BCUT2D eigenvalue weighted by Crippen LogP contribution is -2.14. The molecule has 0 fully saturated rings. The second-order valence-corrected chi connectivity index (χ2v) is 3.50. The number of oxime groups is 1. The van der Waals surface area contributed by atoms with Gasteiger partial charge in [-0.15, -0.1) is 0 Å². The minimum Gasteiger partial charge on any atom is -0.461 e. The molecule has 0 spiro atoms. The molecule has 0 saturated carbocycles. The van der Waals surface area contributed by atoms with Gasteiger partial charge in [-0.2, -0.15) is 0 Å². The summed E-state index contributed by atoms with van der Waals surface area (Å²) in [4.78, 5) is 0. The molecule has 0 unspecified atom stereocenters. The number of rotatable bonds is 2. The first-order valence-corrected chi connectivity index (χ1v) is 4.64. The first kappa shape index (κ1) is 9.58. The molecular weight excluding hydrogens is 192 g/mol. The summed E-state index contributed by atoms with van der Waals surface area (Å²) in [5, 5.41) is 12.4. The number of benzene rings is 1. The fourth-order valence-electron chi connectivity index (χ4n) is 1.58. The van der Waals surface area contributed by atoms with Gasteiger partial charge in [0, 0.05) is 11.8 Å². The Morgan fingerprint density at radius 3 is 3.00 bits per heavy atom. The highest BCUT2D eigenvalue weighted by molar-refractivity contribution is 5.84. The molecule has 4 nitrogen and oxygen atoms in total. The lowest BCUT2D eigenvalue weighted by molar-refractivity contribution is 0.317. The molecular formula is C11H12N2O2. The zero-order valence-electron chi connectivity index (χ0n) is 8.40. The summed E-state index contributed by atoms with van der Waals surface area (Å²) in [6.45, 7) is 1.91. The maximum Gasteiger partial charge on any atom is 0.143 e. The smallest absolute Gasteiger partial charge is 0.143 e. The third-order valence-corrected chi connectivity index (χ3v) is 2.22. The Morgan fingerprint density at radius 2 is 2.27 bits per heavy atom. The van der Waals surface area contributed by atoms with Crippen molar-refractivity contribution in [1.82, 2.24) is 0 Å². The number of amidine groups is 1. The van der Waals surface area contributed by atoms with E-state index in [-0.39, 0.29) is 5.84 Å². The Hall–Kier alpha value is -1.97. The van der Waals surface area contributed by atoms with E-state index in [9.17, 15) is 0 Å². The lowest BCUT2D eigenvalue weighted by Gasteiger charge is -1.98. The van der Waals surface area contributed by atoms with Crippen molar-refractivity contribution in [3.05, 3.63) is 35.6 Å². The van der Waals surface area contributed by atoms with Crippen molar-refractivity contribution >= 4 is 16.8 Å². The van der Waals surface area contributed by atoms with Crippen LogP contribution in [0, 0.1) is 6.92 Å². The Bertz CT molecular complexity index is 514. The summed E-state index contributed by atoms with van der Waals surface area (Å²) in [5.74, 6) is 1.08. The fourth-order valence-corrected chi connectivity index (χ4v) is 1.58. The number of aryl methyl sites for hydroxylation is 1. The summed E-state index contributed by atoms with van der Waals surface area (Å²) >= 11 is 0. The topological polar surface area (TPSA) is 71.8 Å². The molecule has 15 heavy (non-hydrogen) atoms. The van der Waals surface area contributed by atoms with Crippen LogP contribution in [0.1, 0.15) is 11.3 Å². The van der Waals surface area contributed by atoms with Gasteiger partial charge >= 0.3 is 0 Å². The number of nitrogens with zero attached hydrogens (tertiary/aromatic N) is 1. The molecule has 0 saturated heterocycles. The third-order valence-electron chi connectivity index (χ3n) is 2.22. The SMILES string of the molecule is Cc1cc2cc(C/C(N)=N/O)ccc2o1. The zero-order valence-corrected chi connectivity index (χ0v) is 8.40. The molecule has 0 amide bonds. The highest BCUT2D eigenvalue weighted by Crippen LogP contribution is 2.20. The zero-order chi connectivity index (χ0) is 10.8. The molecule has 0 radical (unpaired) electrons. The quantitative estimate of drug-likeness (QED) is 0.340. The average Bonchev–Trinajstić information content (AvgIpc) is 2.57. The molecule has 2 aromatic rings. The number of hydrogen-bond acceptors (Lipinski definition) is 3. The Labute approximate surface area is 87.0 Å². The van der Waals surface area contributed by atoms with Crippen molar-refractivity contribution in [1.29, 1.82) is 0 Å². The van der Waals surface area contributed by atoms with Gasteiger partial charge in [-0.3, -0.25) is 0 Å². The van der Waals surface area contributed by atoms with Crippen molar-refractivity contribution in [2.75, 3.05) is 0 Å². The molecule has 0 aliphatic heterocycles. The molecule has 2 rings (SSSR count). The van der Waals surface area contributed by atoms with E-state index in [4.69, 9.17) is 15.4 Å². The molecule has 78 valence electrons. The van der Waals surface area contributed by atoms with E-state index in [1.54, 1.807) is 0 Å². The van der Waals surface area contributed by atoms with Crippen LogP contribution in [0.15, 0.2) is 33.8 Å². The van der Waals surface area contributed by atoms with Gasteiger partial charge in [-0.1, -0.05) is 11.2 Å². The van der Waals surface area contributed by atoms with Crippen LogP contribution in [0.3, 0.4) is 0 Å². The summed E-state index contributed by atoms with van der Waals surface area (Å²) in [6, 6.07) is 7.74. The van der Waals surface area contributed by atoms with Crippen molar-refractivity contribution in [2.45, 2.75) is 13.3 Å². The molecule has 1 heterocycles. The van der Waals surface area contributed by atoms with E-state index < -0.39 is 0 Å². The summed E-state index contributed by atoms with van der Waals surface area (Å²) in [5.41, 5.74) is 7.29. The largest absolute Gasteiger partial charge is 0.461 e. The maximum absolute atomic E-state index is 8.46. The highest BCUT2D eigenvalue weighted by atomic mass is 16.4. The van der Waals surface area contributed by atoms with Gasteiger partial charge in [0.2, 0.25) is 0 Å². The molecule has 0 aliphatic rings. The standard InChI is InChI=1S/C11H12N2O2/c1-7-4-9-5-8(6-11(12)13-14)2-3-10(9)15-7/h2-5,14H,6H2,1H3,(H2,12,13). The summed E-state index contributed by atoms with van der Waals surface area (Å²) < 4.78 is 5.44. The number of fused-ring (bicyclic) bond motifs is 1. The number of hydrogen-bond donors (Lipinski definition) is 2. The predicted octanol–water partition coefficient (Wildman–Crippen LogP) is 2.03. The van der Waals surface area contributed by atoms with Crippen molar-refractivity contribution in [2.24, 2.45) is 10.9 Å². The van der Waals surface area contributed by atoms with E-state index in [2.05, 4.69) is 5.16 Å². The number of nitrogens with two attached hydrogens (primary N) is 1. The van der Waals surface area contributed by atoms with Crippen LogP contribution in [0.4, 0.5) is 0 Å². The molecule has 0 atom stereocenters. The van der Waals surface area contributed by atoms with Crippen LogP contribution in [0.25, 0.3) is 11.0 Å².